The van der Waals surface area contributed by atoms with Crippen molar-refractivity contribution in [2.24, 2.45) is 0 Å². The number of nitrogens with one attached hydrogen (secondary N) is 1. The van der Waals surface area contributed by atoms with Crippen LogP contribution in [0.15, 0.2) is 18.2 Å². The summed E-state index contributed by atoms with van der Waals surface area (Å²) in [7, 11) is 3.81. The largest absolute Gasteiger partial charge is 0.478 e. The fourth-order valence-corrected chi connectivity index (χ4v) is 6.08. The first-order valence-corrected chi connectivity index (χ1v) is 9.08. The molecule has 1 heterocycles. The molecule has 0 saturated heterocycles. The molecule has 2 unspecified atom stereocenters. The van der Waals surface area contributed by atoms with Crippen molar-refractivity contribution in [1.82, 2.24) is 5.32 Å². The minimum atomic E-state index is -0.842. The lowest BCUT2D eigenvalue weighted by atomic mass is 9.46. The van der Waals surface area contributed by atoms with Gasteiger partial charge in [-0.25, -0.2) is 0 Å². The van der Waals surface area contributed by atoms with Crippen molar-refractivity contribution in [1.29, 1.82) is 0 Å². The van der Waals surface area contributed by atoms with Crippen LogP contribution in [0.4, 0.5) is 0 Å². The van der Waals surface area contributed by atoms with Gasteiger partial charge < -0.3 is 14.8 Å². The predicted octanol–water partition coefficient (Wildman–Crippen LogP) is 2.77. The highest BCUT2D eigenvalue weighted by atomic mass is 16.5. The van der Waals surface area contributed by atoms with Crippen LogP contribution in [-0.2, 0) is 21.4 Å². The average Bonchev–Trinajstić information content (AvgIpc) is 2.86. The van der Waals surface area contributed by atoms with Crippen LogP contribution in [-0.4, -0.2) is 37.2 Å². The Labute approximate surface area is 143 Å². The number of rotatable bonds is 4. The number of hydrogen-bond donors (Lipinski definition) is 1. The molecule has 4 atom stereocenters. The van der Waals surface area contributed by atoms with E-state index in [9.17, 15) is 4.79 Å². The second-order valence-electron chi connectivity index (χ2n) is 7.64. The third kappa shape index (κ3) is 1.50. The van der Waals surface area contributed by atoms with Crippen molar-refractivity contribution in [3.63, 3.8) is 0 Å². The molecule has 1 aromatic carbocycles. The van der Waals surface area contributed by atoms with Crippen LogP contribution >= 0.6 is 0 Å². The lowest BCUT2D eigenvalue weighted by Gasteiger charge is -2.61. The van der Waals surface area contributed by atoms with Crippen molar-refractivity contribution in [3.05, 3.63) is 29.3 Å². The smallest absolute Gasteiger partial charge is 0.177 e. The van der Waals surface area contributed by atoms with E-state index in [1.165, 1.54) is 11.1 Å². The number of ketones is 1. The maximum absolute atomic E-state index is 13.1. The Balaban J connectivity index is 2.10. The molecule has 0 bridgehead atoms. The summed E-state index contributed by atoms with van der Waals surface area (Å²) in [6.45, 7) is 4.19. The molecule has 24 heavy (non-hydrogen) atoms. The number of methoxy groups -OCH3 is 1. The highest BCUT2D eigenvalue weighted by Crippen LogP contribution is 2.66. The third-order valence-corrected chi connectivity index (χ3v) is 6.97. The molecule has 0 aromatic heterocycles. The maximum atomic E-state index is 13.1. The van der Waals surface area contributed by atoms with Gasteiger partial charge in [0.1, 0.15) is 5.75 Å². The standard InChI is InChI=1S/C20H27NO3/c1-5-10-19-17-13-7-6-8-14(17)24-18(19,2)16(22)9-11-20(19,23-4)15(12-13)21-3/h6-8,15,21H,5,9-12H2,1-4H3/t15?,18-,19-,20?/m0/s1. The van der Waals surface area contributed by atoms with E-state index in [1.807, 2.05) is 33.2 Å². The van der Waals surface area contributed by atoms with Gasteiger partial charge in [-0.05, 0) is 44.9 Å². The Morgan fingerprint density at radius 2 is 2.21 bits per heavy atom. The molecule has 0 spiro atoms. The Bertz CT molecular complexity index is 702. The Morgan fingerprint density at radius 1 is 1.42 bits per heavy atom. The zero-order valence-corrected chi connectivity index (χ0v) is 15.1. The third-order valence-electron chi connectivity index (χ3n) is 6.97. The summed E-state index contributed by atoms with van der Waals surface area (Å²) in [5.41, 5.74) is 0.851. The first-order valence-electron chi connectivity index (χ1n) is 9.08. The van der Waals surface area contributed by atoms with Gasteiger partial charge in [0.2, 0.25) is 0 Å². The minimum Gasteiger partial charge on any atom is -0.478 e. The van der Waals surface area contributed by atoms with Gasteiger partial charge in [0.15, 0.2) is 11.4 Å². The second kappa shape index (κ2) is 5.06. The van der Waals surface area contributed by atoms with E-state index >= 15 is 0 Å². The first-order chi connectivity index (χ1) is 11.5. The van der Waals surface area contributed by atoms with E-state index in [0.717, 1.165) is 31.4 Å². The number of carbonyl (C=O) groups excluding carboxylic acids is 1. The molecule has 4 heteroatoms. The zero-order chi connectivity index (χ0) is 17.2. The Morgan fingerprint density at radius 3 is 2.88 bits per heavy atom. The van der Waals surface area contributed by atoms with Gasteiger partial charge in [-0.1, -0.05) is 25.5 Å². The highest BCUT2D eigenvalue weighted by molar-refractivity contribution is 5.93. The molecular weight excluding hydrogens is 302 g/mol. The van der Waals surface area contributed by atoms with Gasteiger partial charge in [-0.15, -0.1) is 0 Å². The molecule has 2 aliphatic carbocycles. The maximum Gasteiger partial charge on any atom is 0.177 e. The SMILES string of the molecule is CCC[C@]12c3c4cccc3O[C@@]1(C)C(=O)CCC2(OC)C(NC)C4. The lowest BCUT2D eigenvalue weighted by molar-refractivity contribution is -0.190. The lowest BCUT2D eigenvalue weighted by Crippen LogP contribution is -2.77. The van der Waals surface area contributed by atoms with E-state index in [0.29, 0.717) is 6.42 Å². The van der Waals surface area contributed by atoms with Crippen molar-refractivity contribution >= 4 is 5.78 Å². The Kier molecular flexibility index (Phi) is 3.39. The molecular formula is C20H27NO3. The van der Waals surface area contributed by atoms with Crippen molar-refractivity contribution in [3.8, 4) is 5.75 Å². The topological polar surface area (TPSA) is 47.6 Å². The molecule has 4 nitrogen and oxygen atoms in total. The summed E-state index contributed by atoms with van der Waals surface area (Å²) in [6, 6.07) is 6.43. The van der Waals surface area contributed by atoms with Crippen LogP contribution in [0.2, 0.25) is 0 Å². The number of carbonyl (C=O) groups is 1. The predicted molar refractivity (Wildman–Crippen MR) is 92.6 cm³/mol. The van der Waals surface area contributed by atoms with Crippen LogP contribution in [0.25, 0.3) is 0 Å². The summed E-state index contributed by atoms with van der Waals surface area (Å²) >= 11 is 0. The summed E-state index contributed by atoms with van der Waals surface area (Å²) in [4.78, 5) is 13.1. The quantitative estimate of drug-likeness (QED) is 0.923. The number of benzene rings is 1. The zero-order valence-electron chi connectivity index (χ0n) is 15.1. The molecule has 0 radical (unpaired) electrons. The molecule has 3 aliphatic rings. The molecule has 1 saturated carbocycles. The fraction of sp³-hybridized carbons (Fsp3) is 0.650. The molecule has 0 amide bonds. The highest BCUT2D eigenvalue weighted by Gasteiger charge is 2.75. The van der Waals surface area contributed by atoms with E-state index in [-0.39, 0.29) is 11.8 Å². The second-order valence-corrected chi connectivity index (χ2v) is 7.64. The Hall–Kier alpha value is -1.39. The van der Waals surface area contributed by atoms with Crippen LogP contribution < -0.4 is 10.1 Å². The van der Waals surface area contributed by atoms with Crippen LogP contribution in [0.5, 0.6) is 5.75 Å². The number of hydrogen-bond acceptors (Lipinski definition) is 4. The molecule has 1 aromatic rings. The normalized spacial score (nSPS) is 39.5. The van der Waals surface area contributed by atoms with Gasteiger partial charge >= 0.3 is 0 Å². The van der Waals surface area contributed by atoms with Crippen LogP contribution in [0, 0.1) is 0 Å². The van der Waals surface area contributed by atoms with Gasteiger partial charge in [-0.2, -0.15) is 0 Å². The average molecular weight is 329 g/mol. The van der Waals surface area contributed by atoms with Gasteiger partial charge in [-0.3, -0.25) is 4.79 Å². The van der Waals surface area contributed by atoms with E-state index in [2.05, 4.69) is 18.3 Å². The monoisotopic (exact) mass is 329 g/mol. The summed E-state index contributed by atoms with van der Waals surface area (Å²) in [5, 5.41) is 3.50. The van der Waals surface area contributed by atoms with Gasteiger partial charge in [0.25, 0.3) is 0 Å². The number of ether oxygens (including phenoxy) is 2. The summed E-state index contributed by atoms with van der Waals surface area (Å²) in [6.07, 6.45) is 4.05. The number of Topliss-reactive ketones (excluding diaryl/α,β-unsaturated/α-hetero) is 1. The van der Waals surface area contributed by atoms with Crippen LogP contribution in [0.3, 0.4) is 0 Å². The fourth-order valence-electron chi connectivity index (χ4n) is 6.08. The number of likely N-dealkylation sites (N-methyl/N-ethyl adjacent to an activating group) is 1. The molecule has 130 valence electrons. The van der Waals surface area contributed by atoms with Crippen molar-refractivity contribution in [2.75, 3.05) is 14.2 Å². The van der Waals surface area contributed by atoms with E-state index in [1.54, 1.807) is 0 Å². The summed E-state index contributed by atoms with van der Waals surface area (Å²) < 4.78 is 12.7. The molecule has 1 aliphatic heterocycles. The van der Waals surface area contributed by atoms with Crippen molar-refractivity contribution < 1.29 is 14.3 Å². The first kappa shape index (κ1) is 16.1. The molecule has 1 N–H and O–H groups in total. The summed E-state index contributed by atoms with van der Waals surface area (Å²) in [5.74, 6) is 1.09. The van der Waals surface area contributed by atoms with Gasteiger partial charge in [0, 0.05) is 25.1 Å². The van der Waals surface area contributed by atoms with Gasteiger partial charge in [0.05, 0.1) is 11.0 Å². The molecule has 1 fully saturated rings. The minimum absolute atomic E-state index is 0.172. The van der Waals surface area contributed by atoms with E-state index < -0.39 is 16.6 Å². The van der Waals surface area contributed by atoms with Crippen molar-refractivity contribution in [2.45, 2.75) is 68.6 Å². The van der Waals surface area contributed by atoms with Crippen LogP contribution in [0.1, 0.15) is 50.7 Å². The molecule has 4 rings (SSSR count). The van der Waals surface area contributed by atoms with E-state index in [4.69, 9.17) is 9.47 Å².